The van der Waals surface area contributed by atoms with Crippen LogP contribution in [0.15, 0.2) is 30.6 Å². The number of aromatic nitrogens is 4. The van der Waals surface area contributed by atoms with Crippen LogP contribution < -0.4 is 10.6 Å². The van der Waals surface area contributed by atoms with E-state index in [4.69, 9.17) is 0 Å². The minimum Gasteiger partial charge on any atom is -0.389 e. The highest BCUT2D eigenvalue weighted by atomic mass is 19.1. The summed E-state index contributed by atoms with van der Waals surface area (Å²) in [5.41, 5.74) is 0.528. The number of amides is 1. The first-order valence-electron chi connectivity index (χ1n) is 10.2. The van der Waals surface area contributed by atoms with Gasteiger partial charge in [-0.1, -0.05) is 5.92 Å². The molecule has 0 radical (unpaired) electrons. The number of anilines is 1. The zero-order valence-corrected chi connectivity index (χ0v) is 17.4. The van der Waals surface area contributed by atoms with Gasteiger partial charge < -0.3 is 25.4 Å². The average Bonchev–Trinajstić information content (AvgIpc) is 3.34. The molecule has 3 aromatic rings. The smallest absolute Gasteiger partial charge is 0.229 e. The van der Waals surface area contributed by atoms with Gasteiger partial charge >= 0.3 is 0 Å². The lowest BCUT2D eigenvalue weighted by Crippen LogP contribution is -2.41. The summed E-state index contributed by atoms with van der Waals surface area (Å²) in [5, 5.41) is 27.0. The van der Waals surface area contributed by atoms with Crippen molar-refractivity contribution in [2.45, 2.75) is 24.7 Å². The van der Waals surface area contributed by atoms with E-state index in [0.29, 0.717) is 29.0 Å². The van der Waals surface area contributed by atoms with Crippen molar-refractivity contribution in [3.8, 4) is 11.8 Å². The summed E-state index contributed by atoms with van der Waals surface area (Å²) < 4.78 is 14.8. The van der Waals surface area contributed by atoms with E-state index >= 15 is 0 Å². The Hall–Kier alpha value is -3.55. The van der Waals surface area contributed by atoms with Crippen LogP contribution in [0.4, 0.5) is 10.2 Å². The number of hydrogen-bond acceptors (Lipinski definition) is 7. The van der Waals surface area contributed by atoms with E-state index in [-0.39, 0.29) is 23.5 Å². The quantitative estimate of drug-likeness (QED) is 0.439. The fraction of sp³-hybridized carbons (Fsp3) is 0.364. The Balaban J connectivity index is 1.57. The number of halogens is 1. The lowest BCUT2D eigenvalue weighted by Gasteiger charge is -2.23. The van der Waals surface area contributed by atoms with Gasteiger partial charge in [-0.2, -0.15) is 0 Å². The topological polar surface area (TPSA) is 125 Å². The number of rotatable bonds is 3. The van der Waals surface area contributed by atoms with Crippen LogP contribution in [0.25, 0.3) is 11.2 Å². The molecule has 0 saturated heterocycles. The predicted octanol–water partition coefficient (Wildman–Crippen LogP) is 0.436. The van der Waals surface area contributed by atoms with Crippen molar-refractivity contribution >= 4 is 22.9 Å². The van der Waals surface area contributed by atoms with E-state index in [2.05, 4.69) is 37.4 Å². The number of fused-ring (bicyclic) bond motifs is 2. The van der Waals surface area contributed by atoms with E-state index in [0.717, 1.165) is 0 Å². The Morgan fingerprint density at radius 2 is 1.97 bits per heavy atom. The van der Waals surface area contributed by atoms with Crippen molar-refractivity contribution in [1.29, 1.82) is 0 Å². The van der Waals surface area contributed by atoms with Gasteiger partial charge in [0.2, 0.25) is 11.7 Å². The monoisotopic (exact) mass is 436 g/mol. The SMILES string of the molecule is CNC(=O)[C@@]12C[C@@H]1[C@@H](n1cnc3c(NC)nc(C#Cc4ccc(F)cc4)nc31)[C@H](O)[C@@H]2O. The molecule has 1 aromatic carbocycles. The first kappa shape index (κ1) is 20.4. The molecule has 5 atom stereocenters. The van der Waals surface area contributed by atoms with Crippen LogP contribution in [0.1, 0.15) is 23.9 Å². The zero-order valence-electron chi connectivity index (χ0n) is 17.4. The minimum absolute atomic E-state index is 0.217. The zero-order chi connectivity index (χ0) is 22.6. The van der Waals surface area contributed by atoms with Crippen molar-refractivity contribution in [3.05, 3.63) is 47.8 Å². The highest BCUT2D eigenvalue weighted by Crippen LogP contribution is 2.67. The fourth-order valence-electron chi connectivity index (χ4n) is 4.81. The predicted molar refractivity (Wildman–Crippen MR) is 113 cm³/mol. The third-order valence-electron chi connectivity index (χ3n) is 6.46. The molecule has 1 amide bonds. The Bertz CT molecular complexity index is 1280. The van der Waals surface area contributed by atoms with Gasteiger partial charge in [0, 0.05) is 25.6 Å². The molecule has 2 aliphatic carbocycles. The maximum absolute atomic E-state index is 13.1. The molecule has 2 saturated carbocycles. The number of hydrogen-bond donors (Lipinski definition) is 4. The second-order valence-electron chi connectivity index (χ2n) is 8.08. The van der Waals surface area contributed by atoms with Gasteiger partial charge in [-0.3, -0.25) is 4.79 Å². The molecule has 0 spiro atoms. The molecule has 2 aliphatic rings. The number of benzene rings is 1. The molecule has 164 valence electrons. The van der Waals surface area contributed by atoms with Crippen LogP contribution in [0.2, 0.25) is 0 Å². The standard InChI is InChI=1S/C22H21FN6O3/c1-24-19-15-20(28-14(27-19)8-5-11-3-6-12(23)7-4-11)29(10-26-15)16-13-9-22(13,21(32)25-2)18(31)17(16)30/h3-4,6-7,10,13,16-18,30-31H,9H2,1-2H3,(H,25,32)(H,24,27,28)/t13-,16-,17+,18+,22+/m1/s1. The molecular weight excluding hydrogens is 415 g/mol. The van der Waals surface area contributed by atoms with Crippen LogP contribution in [-0.4, -0.2) is 61.9 Å². The second kappa shape index (κ2) is 7.25. The van der Waals surface area contributed by atoms with Crippen LogP contribution in [-0.2, 0) is 4.79 Å². The van der Waals surface area contributed by atoms with Crippen molar-refractivity contribution in [2.75, 3.05) is 19.4 Å². The number of aliphatic hydroxyl groups is 2. The second-order valence-corrected chi connectivity index (χ2v) is 8.08. The van der Waals surface area contributed by atoms with Crippen LogP contribution >= 0.6 is 0 Å². The Morgan fingerprint density at radius 1 is 1.22 bits per heavy atom. The Labute approximate surface area is 182 Å². The summed E-state index contributed by atoms with van der Waals surface area (Å²) in [6.07, 6.45) is -0.324. The maximum Gasteiger partial charge on any atom is 0.229 e. The Kier molecular flexibility index (Phi) is 4.62. The summed E-state index contributed by atoms with van der Waals surface area (Å²) in [6.45, 7) is 0. The van der Waals surface area contributed by atoms with Crippen LogP contribution in [0.5, 0.6) is 0 Å². The van der Waals surface area contributed by atoms with Gasteiger partial charge in [0.05, 0.1) is 23.9 Å². The van der Waals surface area contributed by atoms with Gasteiger partial charge in [-0.05, 0) is 36.6 Å². The Morgan fingerprint density at radius 3 is 2.66 bits per heavy atom. The lowest BCUT2D eigenvalue weighted by molar-refractivity contribution is -0.132. The highest BCUT2D eigenvalue weighted by Gasteiger charge is 2.75. The molecule has 4 N–H and O–H groups in total. The molecule has 2 heterocycles. The third-order valence-corrected chi connectivity index (χ3v) is 6.46. The molecule has 32 heavy (non-hydrogen) atoms. The van der Waals surface area contributed by atoms with Gasteiger partial charge in [0.25, 0.3) is 0 Å². The highest BCUT2D eigenvalue weighted by molar-refractivity contribution is 5.88. The molecule has 2 aromatic heterocycles. The molecule has 0 unspecified atom stereocenters. The van der Waals surface area contributed by atoms with Crippen molar-refractivity contribution in [2.24, 2.45) is 11.3 Å². The number of imidazole rings is 1. The molecule has 5 rings (SSSR count). The van der Waals surface area contributed by atoms with Crippen LogP contribution in [0, 0.1) is 29.0 Å². The van der Waals surface area contributed by atoms with E-state index < -0.39 is 23.7 Å². The maximum atomic E-state index is 13.1. The van der Waals surface area contributed by atoms with Gasteiger partial charge in [-0.25, -0.2) is 19.3 Å². The normalized spacial score (nSPS) is 28.0. The summed E-state index contributed by atoms with van der Waals surface area (Å²) in [7, 11) is 3.22. The summed E-state index contributed by atoms with van der Waals surface area (Å²) in [6, 6.07) is 5.20. The number of nitrogens with one attached hydrogen (secondary N) is 2. The van der Waals surface area contributed by atoms with Gasteiger partial charge in [0.15, 0.2) is 17.0 Å². The molecule has 2 fully saturated rings. The molecule has 0 bridgehead atoms. The largest absolute Gasteiger partial charge is 0.389 e. The number of carbonyl (C=O) groups excluding carboxylic acids is 1. The number of aliphatic hydroxyl groups excluding tert-OH is 2. The van der Waals surface area contributed by atoms with Crippen molar-refractivity contribution in [3.63, 3.8) is 0 Å². The summed E-state index contributed by atoms with van der Waals surface area (Å²) >= 11 is 0. The lowest BCUT2D eigenvalue weighted by atomic mass is 9.98. The molecule has 10 heteroatoms. The van der Waals surface area contributed by atoms with Crippen molar-refractivity contribution < 1.29 is 19.4 Å². The molecular formula is C22H21FN6O3. The van der Waals surface area contributed by atoms with E-state index in [1.54, 1.807) is 23.7 Å². The van der Waals surface area contributed by atoms with Gasteiger partial charge in [0.1, 0.15) is 11.9 Å². The summed E-state index contributed by atoms with van der Waals surface area (Å²) in [4.78, 5) is 25.7. The minimum atomic E-state index is -1.18. The number of carbonyl (C=O) groups is 1. The first-order chi connectivity index (χ1) is 15.4. The van der Waals surface area contributed by atoms with Crippen LogP contribution in [0.3, 0.4) is 0 Å². The van der Waals surface area contributed by atoms with Gasteiger partial charge in [-0.15, -0.1) is 0 Å². The third kappa shape index (κ3) is 2.86. The van der Waals surface area contributed by atoms with E-state index in [9.17, 15) is 19.4 Å². The summed E-state index contributed by atoms with van der Waals surface area (Å²) in [5.74, 6) is 5.59. The number of nitrogens with zero attached hydrogens (tertiary/aromatic N) is 4. The fourth-order valence-corrected chi connectivity index (χ4v) is 4.81. The van der Waals surface area contributed by atoms with E-state index in [1.807, 2.05) is 0 Å². The average molecular weight is 436 g/mol. The van der Waals surface area contributed by atoms with Crippen molar-refractivity contribution in [1.82, 2.24) is 24.8 Å². The molecule has 9 nitrogen and oxygen atoms in total. The molecule has 0 aliphatic heterocycles. The first-order valence-corrected chi connectivity index (χ1v) is 10.2. The van der Waals surface area contributed by atoms with E-state index in [1.165, 1.54) is 25.5 Å².